The summed E-state index contributed by atoms with van der Waals surface area (Å²) >= 11 is 5.61. The van der Waals surface area contributed by atoms with E-state index in [2.05, 4.69) is 10.6 Å². The van der Waals surface area contributed by atoms with Crippen molar-refractivity contribution in [3.8, 4) is 0 Å². The van der Waals surface area contributed by atoms with Crippen LogP contribution < -0.4 is 15.5 Å². The van der Waals surface area contributed by atoms with E-state index in [1.807, 2.05) is 67.8 Å². The van der Waals surface area contributed by atoms with Crippen LogP contribution >= 0.6 is 67.8 Å². The Kier molecular flexibility index (Phi) is 13.1. The monoisotopic (exact) mass is 791 g/mol. The summed E-state index contributed by atoms with van der Waals surface area (Å²) in [6, 6.07) is 0. The number of aliphatic hydroxyl groups excluding tert-OH is 4. The van der Waals surface area contributed by atoms with Gasteiger partial charge >= 0.3 is 0 Å². The first kappa shape index (κ1) is 29.7. The third-order valence-electron chi connectivity index (χ3n) is 4.16. The van der Waals surface area contributed by atoms with Gasteiger partial charge in [-0.15, -0.1) is 0 Å². The zero-order valence-electron chi connectivity index (χ0n) is 17.2. The van der Waals surface area contributed by atoms with Gasteiger partial charge in [-0.05, 0) is 67.8 Å². The van der Waals surface area contributed by atoms with Gasteiger partial charge < -0.3 is 40.7 Å². The lowest BCUT2D eigenvalue weighted by Crippen LogP contribution is -2.38. The van der Waals surface area contributed by atoms with Gasteiger partial charge in [0.1, 0.15) is 6.61 Å². The molecule has 2 unspecified atom stereocenters. The van der Waals surface area contributed by atoms with Crippen molar-refractivity contribution in [2.45, 2.75) is 12.2 Å². The van der Waals surface area contributed by atoms with Crippen LogP contribution in [0.3, 0.4) is 0 Å². The number of nitrogens with one attached hydrogen (secondary N) is 2. The Labute approximate surface area is 225 Å². The van der Waals surface area contributed by atoms with Gasteiger partial charge in [0.25, 0.3) is 17.7 Å². The predicted molar refractivity (Wildman–Crippen MR) is 141 cm³/mol. The maximum atomic E-state index is 13.0. The third-order valence-corrected chi connectivity index (χ3v) is 7.34. The van der Waals surface area contributed by atoms with Gasteiger partial charge in [0.15, 0.2) is 0 Å². The van der Waals surface area contributed by atoms with E-state index in [-0.39, 0.29) is 36.5 Å². The second-order valence-electron chi connectivity index (χ2n) is 6.52. The van der Waals surface area contributed by atoms with Crippen LogP contribution in [0.2, 0.25) is 0 Å². The quantitative estimate of drug-likeness (QED) is 0.160. The second-order valence-corrected chi connectivity index (χ2v) is 9.75. The maximum Gasteiger partial charge on any atom is 0.253 e. The van der Waals surface area contributed by atoms with Gasteiger partial charge in [0, 0.05) is 30.8 Å². The Bertz CT molecular complexity index is 855. The van der Waals surface area contributed by atoms with Crippen LogP contribution in [0.4, 0.5) is 5.69 Å². The molecule has 0 heterocycles. The van der Waals surface area contributed by atoms with Crippen LogP contribution in [0.5, 0.6) is 0 Å². The molecule has 0 spiro atoms. The van der Waals surface area contributed by atoms with Crippen molar-refractivity contribution in [2.24, 2.45) is 0 Å². The minimum absolute atomic E-state index is 0.0149. The molecule has 32 heavy (non-hydrogen) atoms. The summed E-state index contributed by atoms with van der Waals surface area (Å²) < 4.78 is 5.85. The molecule has 2 atom stereocenters. The number of anilines is 1. The van der Waals surface area contributed by atoms with Crippen LogP contribution in [0.15, 0.2) is 0 Å². The summed E-state index contributed by atoms with van der Waals surface area (Å²) in [6.45, 7) is -1.63. The number of aliphatic hydroxyl groups is 4. The molecule has 0 fully saturated rings. The number of carbonyl (C=O) groups excluding carboxylic acids is 3. The Balaban J connectivity index is 3.55. The van der Waals surface area contributed by atoms with E-state index < -0.39 is 43.1 Å². The van der Waals surface area contributed by atoms with Crippen LogP contribution in [0.1, 0.15) is 20.7 Å². The number of methoxy groups -OCH3 is 1. The molecule has 0 radical (unpaired) electrons. The van der Waals surface area contributed by atoms with Gasteiger partial charge in [-0.1, -0.05) is 0 Å². The van der Waals surface area contributed by atoms with Gasteiger partial charge in [-0.25, -0.2) is 0 Å². The predicted octanol–water partition coefficient (Wildman–Crippen LogP) is -0.724. The van der Waals surface area contributed by atoms with E-state index in [1.165, 1.54) is 14.2 Å². The summed E-state index contributed by atoms with van der Waals surface area (Å²) in [5.41, 5.74) is 0.449. The van der Waals surface area contributed by atoms with Crippen molar-refractivity contribution in [3.05, 3.63) is 21.8 Å². The van der Waals surface area contributed by atoms with E-state index in [1.54, 1.807) is 0 Å². The first-order chi connectivity index (χ1) is 15.0. The number of amides is 3. The third kappa shape index (κ3) is 7.57. The SMILES string of the molecule is COCC(O)CNC(=O)c1c(I)c(C(=O)NCC(O)CO)c(I)c(N(C)C(=O)CO)c1I. The number of hydrogen-bond acceptors (Lipinski definition) is 8. The summed E-state index contributed by atoms with van der Waals surface area (Å²) in [5, 5.41) is 42.7. The highest BCUT2D eigenvalue weighted by Gasteiger charge is 2.30. The lowest BCUT2D eigenvalue weighted by molar-refractivity contribution is -0.121. The fraction of sp³-hybridized carbons (Fsp3) is 0.500. The first-order valence-corrected chi connectivity index (χ1v) is 12.3. The summed E-state index contributed by atoms with van der Waals surface area (Å²) in [4.78, 5) is 39.2. The highest BCUT2D eigenvalue weighted by atomic mass is 127. The molecule has 0 bridgehead atoms. The minimum Gasteiger partial charge on any atom is -0.394 e. The molecule has 0 aliphatic carbocycles. The number of nitrogens with zero attached hydrogens (tertiary/aromatic N) is 1. The van der Waals surface area contributed by atoms with Crippen molar-refractivity contribution < 1.29 is 39.5 Å². The minimum atomic E-state index is -1.17. The Hall–Kier alpha value is -0.380. The second kappa shape index (κ2) is 14.1. The highest BCUT2D eigenvalue weighted by Crippen LogP contribution is 2.37. The molecule has 1 rings (SSSR count). The van der Waals surface area contributed by atoms with Crippen molar-refractivity contribution in [1.29, 1.82) is 0 Å². The van der Waals surface area contributed by atoms with Gasteiger partial charge in [0.2, 0.25) is 0 Å². The number of benzene rings is 1. The van der Waals surface area contributed by atoms with Crippen molar-refractivity contribution >= 4 is 91.2 Å². The van der Waals surface area contributed by atoms with Crippen LogP contribution in [-0.2, 0) is 9.53 Å². The number of ether oxygens (including phenoxy) is 1. The summed E-state index contributed by atoms with van der Waals surface area (Å²) in [6.07, 6.45) is -2.11. The van der Waals surface area contributed by atoms with Crippen molar-refractivity contribution in [1.82, 2.24) is 10.6 Å². The summed E-state index contributed by atoms with van der Waals surface area (Å²) in [7, 11) is 2.82. The van der Waals surface area contributed by atoms with Crippen molar-refractivity contribution in [2.75, 3.05) is 52.0 Å². The molecular formula is C18H24I3N3O8. The molecule has 0 saturated carbocycles. The van der Waals surface area contributed by atoms with E-state index in [9.17, 15) is 29.7 Å². The topological polar surface area (TPSA) is 169 Å². The Morgan fingerprint density at radius 2 is 1.41 bits per heavy atom. The Morgan fingerprint density at radius 1 is 0.938 bits per heavy atom. The number of likely N-dealkylation sites (N-methyl/N-ethyl adjacent to an activating group) is 1. The normalized spacial score (nSPS) is 12.8. The molecule has 0 aromatic heterocycles. The lowest BCUT2D eigenvalue weighted by Gasteiger charge is -2.25. The van der Waals surface area contributed by atoms with Gasteiger partial charge in [-0.3, -0.25) is 14.4 Å². The molecule has 0 aliphatic heterocycles. The first-order valence-electron chi connectivity index (χ1n) is 9.11. The number of carbonyl (C=O) groups is 3. The van der Waals surface area contributed by atoms with Gasteiger partial charge in [-0.2, -0.15) is 0 Å². The fourth-order valence-electron chi connectivity index (χ4n) is 2.49. The molecule has 6 N–H and O–H groups in total. The van der Waals surface area contributed by atoms with E-state index in [0.29, 0.717) is 10.7 Å². The number of halogens is 3. The van der Waals surface area contributed by atoms with E-state index in [4.69, 9.17) is 9.84 Å². The van der Waals surface area contributed by atoms with E-state index in [0.717, 1.165) is 4.90 Å². The molecule has 3 amide bonds. The van der Waals surface area contributed by atoms with Crippen LogP contribution in [0, 0.1) is 10.7 Å². The lowest BCUT2D eigenvalue weighted by atomic mass is 10.1. The summed E-state index contributed by atoms with van der Waals surface area (Å²) in [5.74, 6) is -1.85. The van der Waals surface area contributed by atoms with Crippen molar-refractivity contribution in [3.63, 3.8) is 0 Å². The van der Waals surface area contributed by atoms with E-state index >= 15 is 0 Å². The zero-order chi connectivity index (χ0) is 24.6. The van der Waals surface area contributed by atoms with Crippen LogP contribution in [-0.4, -0.2) is 97.4 Å². The molecular weight excluding hydrogens is 767 g/mol. The number of hydrogen-bond donors (Lipinski definition) is 6. The number of rotatable bonds is 11. The molecule has 0 saturated heterocycles. The molecule has 0 aliphatic rings. The Morgan fingerprint density at radius 3 is 1.81 bits per heavy atom. The molecule has 14 heteroatoms. The smallest absolute Gasteiger partial charge is 0.253 e. The standard InChI is InChI=1S/C18H24I3N3O8/c1-24(10(29)6-26)16-14(20)11(17(30)22-3-8(27)5-25)13(19)12(15(16)21)18(31)23-4-9(28)7-32-2/h8-9,25-28H,3-7H2,1-2H3,(H,22,30)(H,23,31). The molecule has 1 aromatic carbocycles. The fourth-order valence-corrected chi connectivity index (χ4v) is 7.36. The largest absolute Gasteiger partial charge is 0.394 e. The molecule has 1 aromatic rings. The maximum absolute atomic E-state index is 13.0. The van der Waals surface area contributed by atoms with Crippen LogP contribution in [0.25, 0.3) is 0 Å². The van der Waals surface area contributed by atoms with Gasteiger partial charge in [0.05, 0.1) is 49.4 Å². The average molecular weight is 791 g/mol. The average Bonchev–Trinajstić information content (AvgIpc) is 2.75. The highest BCUT2D eigenvalue weighted by molar-refractivity contribution is 14.1. The zero-order valence-corrected chi connectivity index (χ0v) is 23.7. The molecule has 11 nitrogen and oxygen atoms in total. The molecule has 180 valence electrons.